The number of nitrogens with zero attached hydrogens (tertiary/aromatic N) is 1. The molecule has 1 aromatic carbocycles. The van der Waals surface area contributed by atoms with Crippen molar-refractivity contribution in [3.8, 4) is 0 Å². The maximum atomic E-state index is 11.5. The lowest BCUT2D eigenvalue weighted by Crippen LogP contribution is -2.09. The molecule has 0 N–H and O–H groups in total. The van der Waals surface area contributed by atoms with Gasteiger partial charge in [0.05, 0.1) is 14.2 Å². The molecule has 0 aliphatic heterocycles. The van der Waals surface area contributed by atoms with Crippen LogP contribution < -0.4 is 0 Å². The number of carbonyl (C=O) groups excluding carboxylic acids is 1. The minimum absolute atomic E-state index is 0.0474. The molecular weight excluding hydrogens is 330 g/mol. The van der Waals surface area contributed by atoms with Gasteiger partial charge < -0.3 is 0 Å². The Bertz CT molecular complexity index is 418. The number of nitro groups is 1. The quantitative estimate of drug-likeness (QED) is 0.368. The zero-order valence-electron chi connectivity index (χ0n) is 7.74. The highest BCUT2D eigenvalue weighted by Crippen LogP contribution is 2.26. The summed E-state index contributed by atoms with van der Waals surface area (Å²) in [6, 6.07) is 4.22. The van der Waals surface area contributed by atoms with Gasteiger partial charge in [0.2, 0.25) is 0 Å². The van der Waals surface area contributed by atoms with Crippen LogP contribution in [0.2, 0.25) is 0 Å². The first-order valence-electron chi connectivity index (χ1n) is 4.05. The Kier molecular flexibility index (Phi) is 3.98. The molecule has 0 aliphatic rings. The Morgan fingerprint density at radius 1 is 1.53 bits per heavy atom. The second-order valence-corrected chi connectivity index (χ2v) is 5.13. The monoisotopic (exact) mass is 335 g/mol. The van der Waals surface area contributed by atoms with Crippen LogP contribution in [-0.2, 0) is 0 Å². The maximum Gasteiger partial charge on any atom is 0.283 e. The van der Waals surface area contributed by atoms with Gasteiger partial charge in [-0.1, -0.05) is 15.9 Å². The number of ketones is 1. The van der Waals surface area contributed by atoms with Gasteiger partial charge in [-0.2, -0.15) is 0 Å². The Balaban J connectivity index is 3.12. The van der Waals surface area contributed by atoms with Crippen molar-refractivity contribution in [2.24, 2.45) is 0 Å². The largest absolute Gasteiger partial charge is 0.293 e. The number of halogens is 2. The summed E-state index contributed by atoms with van der Waals surface area (Å²) < 4.78 is 0.312. The van der Waals surface area contributed by atoms with Crippen LogP contribution >= 0.6 is 31.9 Å². The van der Waals surface area contributed by atoms with Gasteiger partial charge in [0.25, 0.3) is 5.69 Å². The predicted molar refractivity (Wildman–Crippen MR) is 63.5 cm³/mol. The van der Waals surface area contributed by atoms with E-state index in [2.05, 4.69) is 31.9 Å². The van der Waals surface area contributed by atoms with Gasteiger partial charge in [-0.05, 0) is 35.0 Å². The average molecular weight is 337 g/mol. The molecule has 0 spiro atoms. The first-order valence-corrected chi connectivity index (χ1v) is 5.76. The summed E-state index contributed by atoms with van der Waals surface area (Å²) in [5.74, 6) is -0.106. The second-order valence-electron chi connectivity index (χ2n) is 2.90. The van der Waals surface area contributed by atoms with Gasteiger partial charge >= 0.3 is 0 Å². The summed E-state index contributed by atoms with van der Waals surface area (Å²) in [7, 11) is 0. The zero-order chi connectivity index (χ0) is 11.6. The smallest absolute Gasteiger partial charge is 0.283 e. The van der Waals surface area contributed by atoms with E-state index in [-0.39, 0.29) is 16.3 Å². The molecule has 15 heavy (non-hydrogen) atoms. The third kappa shape index (κ3) is 2.85. The molecule has 0 fully saturated rings. The molecule has 1 rings (SSSR count). The van der Waals surface area contributed by atoms with Crippen LogP contribution in [0.1, 0.15) is 17.3 Å². The Morgan fingerprint density at radius 3 is 2.53 bits per heavy atom. The summed E-state index contributed by atoms with van der Waals surface area (Å²) in [6.45, 7) is 1.71. The first-order chi connectivity index (χ1) is 6.93. The van der Waals surface area contributed by atoms with E-state index >= 15 is 0 Å². The molecule has 0 radical (unpaired) electrons. The predicted octanol–water partition coefficient (Wildman–Crippen LogP) is 3.32. The number of Topliss-reactive ketones (excluding diaryl/α,β-unsaturated/α-hetero) is 1. The molecule has 0 aliphatic carbocycles. The third-order valence-corrected chi connectivity index (χ3v) is 2.84. The number of hydrogen-bond acceptors (Lipinski definition) is 3. The lowest BCUT2D eigenvalue weighted by molar-refractivity contribution is -0.385. The van der Waals surface area contributed by atoms with Crippen LogP contribution in [0.5, 0.6) is 0 Å². The molecule has 1 unspecified atom stereocenters. The van der Waals surface area contributed by atoms with Crippen molar-refractivity contribution in [1.82, 2.24) is 0 Å². The van der Waals surface area contributed by atoms with E-state index in [0.29, 0.717) is 10.0 Å². The minimum Gasteiger partial charge on any atom is -0.293 e. The number of alkyl halides is 1. The van der Waals surface area contributed by atoms with Crippen LogP contribution in [0.3, 0.4) is 0 Å². The normalized spacial score (nSPS) is 12.2. The first kappa shape index (κ1) is 12.3. The molecular formula is C9H7Br2NO3. The van der Waals surface area contributed by atoms with Crippen molar-refractivity contribution in [3.05, 3.63) is 38.3 Å². The SMILES string of the molecule is CC(Br)C(=O)c1ccc([N+](=O)[O-])c(Br)c1. The lowest BCUT2D eigenvalue weighted by atomic mass is 10.1. The van der Waals surface area contributed by atoms with Crippen molar-refractivity contribution in [2.75, 3.05) is 0 Å². The van der Waals surface area contributed by atoms with E-state index in [0.717, 1.165) is 0 Å². The third-order valence-electron chi connectivity index (χ3n) is 1.79. The Hall–Kier alpha value is -0.750. The number of nitro benzene ring substituents is 1. The lowest BCUT2D eigenvalue weighted by Gasteiger charge is -2.03. The fourth-order valence-corrected chi connectivity index (χ4v) is 1.83. The van der Waals surface area contributed by atoms with Crippen LogP contribution in [-0.4, -0.2) is 15.5 Å². The number of carbonyl (C=O) groups is 1. The van der Waals surface area contributed by atoms with Gasteiger partial charge in [0.1, 0.15) is 0 Å². The zero-order valence-corrected chi connectivity index (χ0v) is 10.9. The van der Waals surface area contributed by atoms with Gasteiger partial charge in [-0.25, -0.2) is 0 Å². The van der Waals surface area contributed by atoms with Gasteiger partial charge in [0.15, 0.2) is 5.78 Å². The molecule has 0 saturated heterocycles. The minimum atomic E-state index is -0.504. The molecule has 0 amide bonds. The summed E-state index contributed by atoms with van der Waals surface area (Å²) in [4.78, 5) is 21.3. The van der Waals surface area contributed by atoms with E-state index in [1.165, 1.54) is 18.2 Å². The number of benzene rings is 1. The molecule has 0 bridgehead atoms. The van der Waals surface area contributed by atoms with Gasteiger partial charge in [-0.3, -0.25) is 14.9 Å². The molecule has 1 aromatic rings. The van der Waals surface area contributed by atoms with Crippen LogP contribution in [0.4, 0.5) is 5.69 Å². The maximum absolute atomic E-state index is 11.5. The van der Waals surface area contributed by atoms with E-state index in [1.54, 1.807) is 6.92 Å². The molecule has 0 saturated carbocycles. The second kappa shape index (κ2) is 4.85. The fourth-order valence-electron chi connectivity index (χ4n) is 1.04. The van der Waals surface area contributed by atoms with Crippen molar-refractivity contribution >= 4 is 43.3 Å². The van der Waals surface area contributed by atoms with Crippen molar-refractivity contribution in [2.45, 2.75) is 11.8 Å². The van der Waals surface area contributed by atoms with E-state index in [1.807, 2.05) is 0 Å². The molecule has 80 valence electrons. The van der Waals surface area contributed by atoms with E-state index in [4.69, 9.17) is 0 Å². The topological polar surface area (TPSA) is 60.2 Å². The Morgan fingerprint density at radius 2 is 2.13 bits per heavy atom. The number of hydrogen-bond donors (Lipinski definition) is 0. The summed E-state index contributed by atoms with van der Waals surface area (Å²) in [5.41, 5.74) is 0.394. The van der Waals surface area contributed by atoms with Crippen LogP contribution in [0.25, 0.3) is 0 Å². The molecule has 6 heteroatoms. The van der Waals surface area contributed by atoms with Gasteiger partial charge in [-0.15, -0.1) is 0 Å². The summed E-state index contributed by atoms with van der Waals surface area (Å²) in [5, 5.41) is 10.5. The van der Waals surface area contributed by atoms with Gasteiger partial charge in [0, 0.05) is 11.6 Å². The standard InChI is InChI=1S/C9H7Br2NO3/c1-5(10)9(13)6-2-3-8(12(14)15)7(11)4-6/h2-5H,1H3. The highest BCUT2D eigenvalue weighted by molar-refractivity contribution is 9.10. The molecule has 4 nitrogen and oxygen atoms in total. The number of rotatable bonds is 3. The van der Waals surface area contributed by atoms with Crippen molar-refractivity contribution < 1.29 is 9.72 Å². The summed E-state index contributed by atoms with van der Waals surface area (Å²) in [6.07, 6.45) is 0. The van der Waals surface area contributed by atoms with Crippen LogP contribution in [0, 0.1) is 10.1 Å². The molecule has 1 atom stereocenters. The van der Waals surface area contributed by atoms with Crippen LogP contribution in [0.15, 0.2) is 22.7 Å². The van der Waals surface area contributed by atoms with E-state index in [9.17, 15) is 14.9 Å². The fraction of sp³-hybridized carbons (Fsp3) is 0.222. The van der Waals surface area contributed by atoms with Crippen molar-refractivity contribution in [3.63, 3.8) is 0 Å². The van der Waals surface area contributed by atoms with E-state index < -0.39 is 4.92 Å². The van der Waals surface area contributed by atoms with Crippen molar-refractivity contribution in [1.29, 1.82) is 0 Å². The molecule has 0 heterocycles. The summed E-state index contributed by atoms with van der Waals surface area (Å²) >= 11 is 6.21. The Labute approximate surface area is 103 Å². The average Bonchev–Trinajstić information content (AvgIpc) is 2.15. The highest BCUT2D eigenvalue weighted by Gasteiger charge is 2.17. The highest BCUT2D eigenvalue weighted by atomic mass is 79.9. The molecule has 0 aromatic heterocycles.